The number of carbonyl (C=O) groups excluding carboxylic acids is 1. The molecule has 0 bridgehead atoms. The van der Waals surface area contributed by atoms with E-state index in [-0.39, 0.29) is 5.91 Å². The molecule has 20 heavy (non-hydrogen) atoms. The highest BCUT2D eigenvalue weighted by Crippen LogP contribution is 2.31. The number of rotatable bonds is 4. The van der Waals surface area contributed by atoms with E-state index in [4.69, 9.17) is 9.47 Å². The van der Waals surface area contributed by atoms with Gasteiger partial charge in [-0.15, -0.1) is 0 Å². The molecule has 0 aromatic heterocycles. The predicted octanol–water partition coefficient (Wildman–Crippen LogP) is 3.56. The van der Waals surface area contributed by atoms with E-state index in [1.165, 1.54) is 7.11 Å². The quantitative estimate of drug-likeness (QED) is 0.822. The smallest absolute Gasteiger partial charge is 0.259 e. The topological polar surface area (TPSA) is 47.6 Å². The monoisotopic (exact) mass is 383 g/mol. The van der Waals surface area contributed by atoms with Crippen molar-refractivity contribution in [2.24, 2.45) is 0 Å². The molecule has 1 amide bonds. The molecule has 0 unspecified atom stereocenters. The van der Waals surface area contributed by atoms with Crippen LogP contribution < -0.4 is 14.8 Å². The number of methoxy groups -OCH3 is 2. The van der Waals surface area contributed by atoms with E-state index >= 15 is 0 Å². The lowest BCUT2D eigenvalue weighted by Gasteiger charge is -2.13. The Balaban J connectivity index is 2.32. The van der Waals surface area contributed by atoms with Crippen LogP contribution in [0.5, 0.6) is 11.5 Å². The highest BCUT2D eigenvalue weighted by atomic mass is 127. The highest BCUT2D eigenvalue weighted by molar-refractivity contribution is 14.1. The predicted molar refractivity (Wildman–Crippen MR) is 86.7 cm³/mol. The average molecular weight is 383 g/mol. The van der Waals surface area contributed by atoms with Gasteiger partial charge in [0.05, 0.1) is 25.5 Å². The minimum Gasteiger partial charge on any atom is -0.493 e. The minimum absolute atomic E-state index is 0.232. The molecule has 0 spiro atoms. The van der Waals surface area contributed by atoms with Gasteiger partial charge in [-0.25, -0.2) is 0 Å². The maximum atomic E-state index is 12.4. The van der Waals surface area contributed by atoms with E-state index in [0.717, 1.165) is 9.26 Å². The van der Waals surface area contributed by atoms with Gasteiger partial charge in [-0.2, -0.15) is 0 Å². The van der Waals surface area contributed by atoms with E-state index in [9.17, 15) is 4.79 Å². The van der Waals surface area contributed by atoms with Gasteiger partial charge in [0.25, 0.3) is 5.91 Å². The maximum Gasteiger partial charge on any atom is 0.259 e. The van der Waals surface area contributed by atoms with Crippen LogP contribution in [0.3, 0.4) is 0 Å². The fraction of sp³-hybridized carbons (Fsp3) is 0.133. The van der Waals surface area contributed by atoms with Gasteiger partial charge in [-0.3, -0.25) is 4.79 Å². The normalized spacial score (nSPS) is 9.95. The molecular formula is C15H14INO3. The number of hydrogen-bond acceptors (Lipinski definition) is 3. The number of halogens is 1. The van der Waals surface area contributed by atoms with Gasteiger partial charge in [-0.1, -0.05) is 18.2 Å². The van der Waals surface area contributed by atoms with E-state index in [2.05, 4.69) is 27.9 Å². The first-order valence-corrected chi connectivity index (χ1v) is 7.02. The molecule has 0 aliphatic heterocycles. The molecule has 2 aromatic rings. The summed E-state index contributed by atoms with van der Waals surface area (Å²) in [5.74, 6) is 0.728. The third-order valence-electron chi connectivity index (χ3n) is 2.77. The zero-order chi connectivity index (χ0) is 14.5. The molecule has 2 rings (SSSR count). The zero-order valence-corrected chi connectivity index (χ0v) is 13.3. The number of ether oxygens (including phenoxy) is 2. The van der Waals surface area contributed by atoms with Crippen LogP contribution in [0.4, 0.5) is 5.69 Å². The Kier molecular flexibility index (Phi) is 4.84. The molecular weight excluding hydrogens is 369 g/mol. The number of benzene rings is 2. The molecule has 0 heterocycles. The standard InChI is InChI=1S/C15H14INO3/c1-19-13-9-5-6-10(14(13)20-2)15(18)17-12-8-4-3-7-11(12)16/h3-9H,1-2H3,(H,17,18). The lowest BCUT2D eigenvalue weighted by molar-refractivity contribution is 0.102. The molecule has 0 saturated heterocycles. The number of para-hydroxylation sites is 2. The van der Waals surface area contributed by atoms with Gasteiger partial charge < -0.3 is 14.8 Å². The average Bonchev–Trinajstić information content (AvgIpc) is 2.48. The second kappa shape index (κ2) is 6.60. The van der Waals surface area contributed by atoms with E-state index in [1.807, 2.05) is 24.3 Å². The summed E-state index contributed by atoms with van der Waals surface area (Å²) < 4.78 is 11.4. The van der Waals surface area contributed by atoms with Crippen molar-refractivity contribution in [1.82, 2.24) is 0 Å². The third-order valence-corrected chi connectivity index (χ3v) is 3.71. The summed E-state index contributed by atoms with van der Waals surface area (Å²) in [7, 11) is 3.06. The van der Waals surface area contributed by atoms with Crippen molar-refractivity contribution in [3.05, 3.63) is 51.6 Å². The molecule has 0 aliphatic rings. The second-order valence-electron chi connectivity index (χ2n) is 3.98. The van der Waals surface area contributed by atoms with Crippen molar-refractivity contribution in [1.29, 1.82) is 0 Å². The minimum atomic E-state index is -0.232. The molecule has 0 atom stereocenters. The van der Waals surface area contributed by atoms with Gasteiger partial charge in [0.1, 0.15) is 0 Å². The highest BCUT2D eigenvalue weighted by Gasteiger charge is 2.16. The first kappa shape index (κ1) is 14.6. The molecule has 104 valence electrons. The summed E-state index contributed by atoms with van der Waals surface area (Å²) in [6, 6.07) is 12.8. The first-order chi connectivity index (χ1) is 9.67. The molecule has 0 fully saturated rings. The van der Waals surface area contributed by atoms with Gasteiger partial charge in [0, 0.05) is 3.57 Å². The Bertz CT molecular complexity index is 628. The molecule has 0 aliphatic carbocycles. The van der Waals surface area contributed by atoms with Crippen LogP contribution >= 0.6 is 22.6 Å². The molecule has 1 N–H and O–H groups in total. The van der Waals surface area contributed by atoms with Crippen LogP contribution in [0.25, 0.3) is 0 Å². The van der Waals surface area contributed by atoms with Crippen LogP contribution in [0, 0.1) is 3.57 Å². The second-order valence-corrected chi connectivity index (χ2v) is 5.14. The fourth-order valence-electron chi connectivity index (χ4n) is 1.82. The Morgan fingerprint density at radius 2 is 1.80 bits per heavy atom. The van der Waals surface area contributed by atoms with E-state index in [1.54, 1.807) is 25.3 Å². The van der Waals surface area contributed by atoms with Crippen LogP contribution in [-0.2, 0) is 0 Å². The molecule has 0 radical (unpaired) electrons. The van der Waals surface area contributed by atoms with Crippen molar-refractivity contribution in [3.63, 3.8) is 0 Å². The largest absolute Gasteiger partial charge is 0.493 e. The third kappa shape index (κ3) is 3.04. The Morgan fingerprint density at radius 3 is 2.45 bits per heavy atom. The van der Waals surface area contributed by atoms with Gasteiger partial charge in [0.15, 0.2) is 11.5 Å². The van der Waals surface area contributed by atoms with Gasteiger partial charge in [0.2, 0.25) is 0 Å². The number of hydrogen-bond donors (Lipinski definition) is 1. The SMILES string of the molecule is COc1cccc(C(=O)Nc2ccccc2I)c1OC. The van der Waals surface area contributed by atoms with Crippen molar-refractivity contribution < 1.29 is 14.3 Å². The molecule has 0 saturated carbocycles. The summed E-state index contributed by atoms with van der Waals surface area (Å²) in [4.78, 5) is 12.4. The Morgan fingerprint density at radius 1 is 1.05 bits per heavy atom. The van der Waals surface area contributed by atoms with Crippen molar-refractivity contribution in [3.8, 4) is 11.5 Å². The number of anilines is 1. The van der Waals surface area contributed by atoms with E-state index < -0.39 is 0 Å². The Labute approximate surface area is 131 Å². The van der Waals surface area contributed by atoms with Crippen molar-refractivity contribution >= 4 is 34.2 Å². The van der Waals surface area contributed by atoms with Crippen molar-refractivity contribution in [2.75, 3.05) is 19.5 Å². The summed E-state index contributed by atoms with van der Waals surface area (Å²) in [5.41, 5.74) is 1.20. The van der Waals surface area contributed by atoms with Crippen LogP contribution in [0.2, 0.25) is 0 Å². The molecule has 2 aromatic carbocycles. The lowest BCUT2D eigenvalue weighted by atomic mass is 10.1. The maximum absolute atomic E-state index is 12.4. The fourth-order valence-corrected chi connectivity index (χ4v) is 2.34. The zero-order valence-electron chi connectivity index (χ0n) is 11.1. The number of amides is 1. The number of nitrogens with one attached hydrogen (secondary N) is 1. The summed E-state index contributed by atoms with van der Waals surface area (Å²) >= 11 is 2.17. The van der Waals surface area contributed by atoms with Gasteiger partial charge in [-0.05, 0) is 46.9 Å². The summed E-state index contributed by atoms with van der Waals surface area (Å²) in [6.07, 6.45) is 0. The van der Waals surface area contributed by atoms with Crippen LogP contribution in [0.1, 0.15) is 10.4 Å². The summed E-state index contributed by atoms with van der Waals surface area (Å²) in [6.45, 7) is 0. The Hall–Kier alpha value is -1.76. The molecule has 5 heteroatoms. The van der Waals surface area contributed by atoms with Crippen molar-refractivity contribution in [2.45, 2.75) is 0 Å². The van der Waals surface area contributed by atoms with Crippen LogP contribution in [0.15, 0.2) is 42.5 Å². The van der Waals surface area contributed by atoms with E-state index in [0.29, 0.717) is 17.1 Å². The van der Waals surface area contributed by atoms with Crippen LogP contribution in [-0.4, -0.2) is 20.1 Å². The number of carbonyl (C=O) groups is 1. The first-order valence-electron chi connectivity index (χ1n) is 5.94. The molecule has 4 nitrogen and oxygen atoms in total. The van der Waals surface area contributed by atoms with Gasteiger partial charge >= 0.3 is 0 Å². The summed E-state index contributed by atoms with van der Waals surface area (Å²) in [5, 5.41) is 2.87. The lowest BCUT2D eigenvalue weighted by Crippen LogP contribution is -2.14.